The number of hydrogen-bond donors (Lipinski definition) is 1. The van der Waals surface area contributed by atoms with Crippen molar-refractivity contribution < 1.29 is 4.79 Å². The molecule has 1 N–H and O–H groups in total. The summed E-state index contributed by atoms with van der Waals surface area (Å²) in [7, 11) is 0. The molecule has 2 rings (SSSR count). The minimum atomic E-state index is 0.0654. The van der Waals surface area contributed by atoms with Crippen molar-refractivity contribution in [3.63, 3.8) is 0 Å². The average molecular weight is 259 g/mol. The van der Waals surface area contributed by atoms with Crippen LogP contribution in [-0.4, -0.2) is 12.5 Å². The van der Waals surface area contributed by atoms with Crippen LogP contribution in [0, 0.1) is 11.3 Å². The van der Waals surface area contributed by atoms with Gasteiger partial charge in [0.1, 0.15) is 0 Å². The van der Waals surface area contributed by atoms with Crippen LogP contribution in [0.4, 0.5) is 0 Å². The lowest BCUT2D eigenvalue weighted by Crippen LogP contribution is -2.36. The number of amides is 1. The zero-order valence-electron chi connectivity index (χ0n) is 12.1. The fraction of sp³-hybridized carbons (Fsp3) is 0.588. The van der Waals surface area contributed by atoms with Crippen LogP contribution in [0.2, 0.25) is 0 Å². The summed E-state index contributed by atoms with van der Waals surface area (Å²) in [5, 5.41) is 3.15. The maximum Gasteiger partial charge on any atom is 0.251 e. The number of benzene rings is 1. The van der Waals surface area contributed by atoms with Gasteiger partial charge in [0.05, 0.1) is 0 Å². The highest BCUT2D eigenvalue weighted by atomic mass is 16.1. The molecule has 0 aromatic heterocycles. The summed E-state index contributed by atoms with van der Waals surface area (Å²) in [6.07, 6.45) is 6.38. The zero-order valence-corrected chi connectivity index (χ0v) is 12.1. The van der Waals surface area contributed by atoms with E-state index in [1.165, 1.54) is 32.1 Å². The van der Waals surface area contributed by atoms with Crippen molar-refractivity contribution in [2.75, 3.05) is 6.54 Å². The summed E-state index contributed by atoms with van der Waals surface area (Å²) in [5.74, 6) is 0.766. The van der Waals surface area contributed by atoms with E-state index in [4.69, 9.17) is 0 Å². The van der Waals surface area contributed by atoms with Crippen LogP contribution in [0.3, 0.4) is 0 Å². The molecule has 1 saturated carbocycles. The predicted octanol–water partition coefficient (Wildman–Crippen LogP) is 4.02. The highest BCUT2D eigenvalue weighted by Crippen LogP contribution is 2.42. The van der Waals surface area contributed by atoms with E-state index < -0.39 is 0 Å². The van der Waals surface area contributed by atoms with E-state index in [9.17, 15) is 4.79 Å². The second-order valence-electron chi connectivity index (χ2n) is 6.35. The van der Waals surface area contributed by atoms with Gasteiger partial charge < -0.3 is 5.32 Å². The number of rotatable bonds is 5. The van der Waals surface area contributed by atoms with Gasteiger partial charge in [-0.15, -0.1) is 0 Å². The Morgan fingerprint density at radius 2 is 1.84 bits per heavy atom. The Labute approximate surface area is 116 Å². The van der Waals surface area contributed by atoms with Gasteiger partial charge in [-0.2, -0.15) is 0 Å². The van der Waals surface area contributed by atoms with Crippen LogP contribution in [0.25, 0.3) is 0 Å². The Bertz CT molecular complexity index is 405. The van der Waals surface area contributed by atoms with Crippen molar-refractivity contribution in [3.8, 4) is 0 Å². The first-order valence-corrected chi connectivity index (χ1v) is 7.45. The Balaban J connectivity index is 1.94. The fourth-order valence-corrected chi connectivity index (χ4v) is 3.40. The number of hydrogen-bond acceptors (Lipinski definition) is 1. The molecule has 104 valence electrons. The monoisotopic (exact) mass is 259 g/mol. The summed E-state index contributed by atoms with van der Waals surface area (Å²) in [6, 6.07) is 9.51. The van der Waals surface area contributed by atoms with E-state index in [1.807, 2.05) is 30.3 Å². The molecule has 0 spiro atoms. The highest BCUT2D eigenvalue weighted by Gasteiger charge is 2.34. The van der Waals surface area contributed by atoms with Crippen molar-refractivity contribution >= 4 is 5.91 Å². The SMILES string of the molecule is CC(C)CC1(CNC(=O)c2ccccc2)CCCC1. The third kappa shape index (κ3) is 3.82. The molecule has 19 heavy (non-hydrogen) atoms. The van der Waals surface area contributed by atoms with E-state index in [-0.39, 0.29) is 5.91 Å². The highest BCUT2D eigenvalue weighted by molar-refractivity contribution is 5.94. The van der Waals surface area contributed by atoms with E-state index in [0.29, 0.717) is 11.3 Å². The Hall–Kier alpha value is -1.31. The summed E-state index contributed by atoms with van der Waals surface area (Å²) in [4.78, 5) is 12.1. The van der Waals surface area contributed by atoms with Crippen LogP contribution in [0.15, 0.2) is 30.3 Å². The molecule has 0 radical (unpaired) electrons. The third-order valence-electron chi connectivity index (χ3n) is 4.17. The van der Waals surface area contributed by atoms with Crippen LogP contribution >= 0.6 is 0 Å². The quantitative estimate of drug-likeness (QED) is 0.850. The average Bonchev–Trinajstić information content (AvgIpc) is 2.85. The normalized spacial score (nSPS) is 17.6. The summed E-state index contributed by atoms with van der Waals surface area (Å²) in [6.45, 7) is 5.39. The maximum absolute atomic E-state index is 12.1. The molecule has 0 bridgehead atoms. The van der Waals surface area contributed by atoms with E-state index >= 15 is 0 Å². The van der Waals surface area contributed by atoms with Gasteiger partial charge in [-0.3, -0.25) is 4.79 Å². The first kappa shape index (κ1) is 14.1. The van der Waals surface area contributed by atoms with Crippen molar-refractivity contribution in [1.29, 1.82) is 0 Å². The molecular weight excluding hydrogens is 234 g/mol. The zero-order chi connectivity index (χ0) is 13.7. The molecule has 1 fully saturated rings. The van der Waals surface area contributed by atoms with Gasteiger partial charge in [-0.25, -0.2) is 0 Å². The molecule has 2 nitrogen and oxygen atoms in total. The first-order valence-electron chi connectivity index (χ1n) is 7.45. The maximum atomic E-state index is 12.1. The van der Waals surface area contributed by atoms with E-state index in [2.05, 4.69) is 19.2 Å². The Morgan fingerprint density at radius 3 is 2.42 bits per heavy atom. The number of carbonyl (C=O) groups excluding carboxylic acids is 1. The molecular formula is C17H25NO. The lowest BCUT2D eigenvalue weighted by atomic mass is 9.78. The predicted molar refractivity (Wildman–Crippen MR) is 79.1 cm³/mol. The van der Waals surface area contributed by atoms with Gasteiger partial charge in [-0.1, -0.05) is 44.9 Å². The van der Waals surface area contributed by atoms with Gasteiger partial charge in [0.25, 0.3) is 5.91 Å². The lowest BCUT2D eigenvalue weighted by molar-refractivity contribution is 0.0922. The van der Waals surface area contributed by atoms with E-state index in [1.54, 1.807) is 0 Å². The number of carbonyl (C=O) groups is 1. The molecule has 0 saturated heterocycles. The van der Waals surface area contributed by atoms with Crippen LogP contribution < -0.4 is 5.32 Å². The second kappa shape index (κ2) is 6.23. The van der Waals surface area contributed by atoms with Crippen LogP contribution in [-0.2, 0) is 0 Å². The molecule has 1 aromatic rings. The molecule has 0 heterocycles. The molecule has 0 atom stereocenters. The standard InChI is InChI=1S/C17H25NO/c1-14(2)12-17(10-6-7-11-17)13-18-16(19)15-8-4-3-5-9-15/h3-5,8-9,14H,6-7,10-13H2,1-2H3,(H,18,19). The largest absolute Gasteiger partial charge is 0.351 e. The summed E-state index contributed by atoms with van der Waals surface area (Å²) in [5.41, 5.74) is 1.11. The molecule has 1 aromatic carbocycles. The molecule has 0 unspecified atom stereocenters. The first-order chi connectivity index (χ1) is 9.11. The smallest absolute Gasteiger partial charge is 0.251 e. The lowest BCUT2D eigenvalue weighted by Gasteiger charge is -2.31. The van der Waals surface area contributed by atoms with Gasteiger partial charge in [-0.05, 0) is 42.7 Å². The molecule has 1 aliphatic rings. The number of nitrogens with one attached hydrogen (secondary N) is 1. The second-order valence-corrected chi connectivity index (χ2v) is 6.35. The molecule has 0 aliphatic heterocycles. The van der Waals surface area contributed by atoms with E-state index in [0.717, 1.165) is 12.1 Å². The minimum absolute atomic E-state index is 0.0654. The van der Waals surface area contributed by atoms with Crippen molar-refractivity contribution in [2.45, 2.75) is 46.0 Å². The van der Waals surface area contributed by atoms with Crippen LogP contribution in [0.5, 0.6) is 0 Å². The van der Waals surface area contributed by atoms with Gasteiger partial charge in [0, 0.05) is 12.1 Å². The molecule has 1 amide bonds. The third-order valence-corrected chi connectivity index (χ3v) is 4.17. The fourth-order valence-electron chi connectivity index (χ4n) is 3.40. The topological polar surface area (TPSA) is 29.1 Å². The minimum Gasteiger partial charge on any atom is -0.351 e. The molecule has 1 aliphatic carbocycles. The van der Waals surface area contributed by atoms with Crippen LogP contribution in [0.1, 0.15) is 56.3 Å². The van der Waals surface area contributed by atoms with Crippen molar-refractivity contribution in [3.05, 3.63) is 35.9 Å². The molecule has 2 heteroatoms. The Morgan fingerprint density at radius 1 is 1.21 bits per heavy atom. The van der Waals surface area contributed by atoms with Crippen molar-refractivity contribution in [1.82, 2.24) is 5.32 Å². The van der Waals surface area contributed by atoms with Gasteiger partial charge >= 0.3 is 0 Å². The summed E-state index contributed by atoms with van der Waals surface area (Å²) >= 11 is 0. The Kier molecular flexibility index (Phi) is 4.62. The van der Waals surface area contributed by atoms with Crippen molar-refractivity contribution in [2.24, 2.45) is 11.3 Å². The summed E-state index contributed by atoms with van der Waals surface area (Å²) < 4.78 is 0. The van der Waals surface area contributed by atoms with Gasteiger partial charge in [0.15, 0.2) is 0 Å². The van der Waals surface area contributed by atoms with Gasteiger partial charge in [0.2, 0.25) is 0 Å².